The fraction of sp³-hybridized carbons (Fsp3) is 0.588. The van der Waals surface area contributed by atoms with E-state index in [4.69, 9.17) is 9.72 Å². The number of ether oxygens (including phenoxy) is 1. The summed E-state index contributed by atoms with van der Waals surface area (Å²) in [6.07, 6.45) is 11.1. The van der Waals surface area contributed by atoms with Crippen LogP contribution in [0.25, 0.3) is 11.0 Å². The monoisotopic (exact) mass is 597 g/mol. The molecule has 3 aliphatic heterocycles. The summed E-state index contributed by atoms with van der Waals surface area (Å²) in [6, 6.07) is 8.24. The van der Waals surface area contributed by atoms with E-state index >= 15 is 0 Å². The van der Waals surface area contributed by atoms with Crippen molar-refractivity contribution in [1.29, 1.82) is 0 Å². The summed E-state index contributed by atoms with van der Waals surface area (Å²) in [6.45, 7) is 9.67. The number of hydrogen-bond acceptors (Lipinski definition) is 9. The van der Waals surface area contributed by atoms with Crippen LogP contribution in [-0.4, -0.2) is 87.6 Å². The van der Waals surface area contributed by atoms with E-state index in [1.165, 1.54) is 45.7 Å². The first-order valence-corrected chi connectivity index (χ1v) is 16.7. The van der Waals surface area contributed by atoms with Crippen molar-refractivity contribution in [3.63, 3.8) is 0 Å². The molecule has 1 N–H and O–H groups in total. The van der Waals surface area contributed by atoms with Gasteiger partial charge in [0.2, 0.25) is 5.95 Å². The number of piperidine rings is 1. The Kier molecular flexibility index (Phi) is 7.09. The number of piperazine rings is 1. The average Bonchev–Trinajstić information content (AvgIpc) is 3.75. The first-order valence-electron chi connectivity index (χ1n) is 16.7. The number of rotatable bonds is 6. The molecule has 44 heavy (non-hydrogen) atoms. The minimum absolute atomic E-state index is 0.0487. The molecule has 2 aliphatic carbocycles. The molecule has 5 heterocycles. The standard InChI is InChI=1S/C34H43N7O3/c1-21-28-18-35-34(37-32(28)41(26-5-3-4-6-26)33(43)31(21)22(2)42)36-23-7-10-29-30(17-23)44-20-27-19-39(15-16-40(27)29)25-11-13-38(14-12-25)24-8-9-24/h7,10,17-18,24-27H,3-6,8-9,11-16,19-20H2,1-2H3,(H,35,36,37)/t27-/m0/s1. The van der Waals surface area contributed by atoms with Gasteiger partial charge in [0.15, 0.2) is 5.78 Å². The van der Waals surface area contributed by atoms with Crippen molar-refractivity contribution in [3.8, 4) is 5.75 Å². The van der Waals surface area contributed by atoms with Gasteiger partial charge in [-0.25, -0.2) is 4.98 Å². The van der Waals surface area contributed by atoms with Gasteiger partial charge in [0.1, 0.15) is 18.0 Å². The predicted molar refractivity (Wildman–Crippen MR) is 172 cm³/mol. The zero-order chi connectivity index (χ0) is 29.9. The molecule has 0 radical (unpaired) electrons. The van der Waals surface area contributed by atoms with Gasteiger partial charge in [-0.15, -0.1) is 0 Å². The van der Waals surface area contributed by atoms with E-state index in [0.29, 0.717) is 35.8 Å². The van der Waals surface area contributed by atoms with Gasteiger partial charge in [-0.2, -0.15) is 4.98 Å². The first kappa shape index (κ1) is 28.0. The molecule has 10 heteroatoms. The van der Waals surface area contributed by atoms with Crippen molar-refractivity contribution < 1.29 is 9.53 Å². The van der Waals surface area contributed by atoms with Crippen molar-refractivity contribution in [3.05, 3.63) is 45.9 Å². The number of fused-ring (bicyclic) bond motifs is 4. The number of nitrogens with one attached hydrogen (secondary N) is 1. The van der Waals surface area contributed by atoms with Crippen LogP contribution in [0, 0.1) is 6.92 Å². The molecule has 2 aromatic heterocycles. The summed E-state index contributed by atoms with van der Waals surface area (Å²) in [5.41, 5.74) is 3.25. The summed E-state index contributed by atoms with van der Waals surface area (Å²) >= 11 is 0. The molecule has 5 aliphatic rings. The van der Waals surface area contributed by atoms with Gasteiger partial charge in [0.25, 0.3) is 5.56 Å². The number of benzene rings is 1. The number of Topliss-reactive ketones (excluding diaryl/α,β-unsaturated/α-hetero) is 1. The van der Waals surface area contributed by atoms with Crippen LogP contribution < -0.4 is 20.5 Å². The van der Waals surface area contributed by atoms with Gasteiger partial charge >= 0.3 is 0 Å². The van der Waals surface area contributed by atoms with E-state index < -0.39 is 0 Å². The van der Waals surface area contributed by atoms with Gasteiger partial charge < -0.3 is 19.9 Å². The predicted octanol–water partition coefficient (Wildman–Crippen LogP) is 4.67. The Balaban J connectivity index is 1.01. The highest BCUT2D eigenvalue weighted by Gasteiger charge is 2.38. The molecule has 2 saturated carbocycles. The quantitative estimate of drug-likeness (QED) is 0.407. The van der Waals surface area contributed by atoms with Crippen molar-refractivity contribution >= 4 is 34.1 Å². The number of hydrogen-bond donors (Lipinski definition) is 1. The molecule has 4 fully saturated rings. The third-order valence-corrected chi connectivity index (χ3v) is 10.8. The topological polar surface area (TPSA) is 95.8 Å². The molecule has 10 nitrogen and oxygen atoms in total. The highest BCUT2D eigenvalue weighted by Crippen LogP contribution is 2.39. The lowest BCUT2D eigenvalue weighted by atomic mass is 9.99. The molecule has 3 aromatic rings. The van der Waals surface area contributed by atoms with E-state index in [-0.39, 0.29) is 22.9 Å². The number of carbonyl (C=O) groups is 1. The van der Waals surface area contributed by atoms with Gasteiger partial charge in [-0.05, 0) is 83.2 Å². The lowest BCUT2D eigenvalue weighted by Crippen LogP contribution is -2.60. The molecule has 1 atom stereocenters. The fourth-order valence-corrected chi connectivity index (χ4v) is 8.30. The summed E-state index contributed by atoms with van der Waals surface area (Å²) < 4.78 is 8.11. The highest BCUT2D eigenvalue weighted by atomic mass is 16.5. The van der Waals surface area contributed by atoms with Gasteiger partial charge in [-0.1, -0.05) is 12.8 Å². The third-order valence-electron chi connectivity index (χ3n) is 10.8. The fourth-order valence-electron chi connectivity index (χ4n) is 8.30. The van der Waals surface area contributed by atoms with Crippen LogP contribution in [0.5, 0.6) is 5.75 Å². The van der Waals surface area contributed by atoms with Crippen LogP contribution in [0.1, 0.15) is 80.3 Å². The Hall–Kier alpha value is -3.50. The number of likely N-dealkylation sites (tertiary alicyclic amines) is 1. The maximum Gasteiger partial charge on any atom is 0.263 e. The Morgan fingerprint density at radius 2 is 1.70 bits per heavy atom. The first-order chi connectivity index (χ1) is 21.4. The summed E-state index contributed by atoms with van der Waals surface area (Å²) in [5.74, 6) is 1.09. The van der Waals surface area contributed by atoms with Crippen LogP contribution in [0.3, 0.4) is 0 Å². The Bertz CT molecular complexity index is 1650. The van der Waals surface area contributed by atoms with Gasteiger partial charge in [0, 0.05) is 61.1 Å². The number of nitrogens with zero attached hydrogens (tertiary/aromatic N) is 6. The van der Waals surface area contributed by atoms with Crippen LogP contribution in [0.4, 0.5) is 17.3 Å². The van der Waals surface area contributed by atoms with Crippen LogP contribution in [0.15, 0.2) is 29.2 Å². The number of anilines is 3. The maximum atomic E-state index is 13.6. The smallest absolute Gasteiger partial charge is 0.263 e. The summed E-state index contributed by atoms with van der Waals surface area (Å²) in [7, 11) is 0. The van der Waals surface area contributed by atoms with E-state index in [0.717, 1.165) is 73.9 Å². The second-order valence-electron chi connectivity index (χ2n) is 13.6. The molecule has 0 amide bonds. The molecule has 0 unspecified atom stereocenters. The number of aryl methyl sites for hydroxylation is 1. The molecule has 1 aromatic carbocycles. The van der Waals surface area contributed by atoms with Crippen molar-refractivity contribution in [1.82, 2.24) is 24.3 Å². The lowest BCUT2D eigenvalue weighted by molar-refractivity contribution is 0.0768. The molecule has 232 valence electrons. The molecule has 8 rings (SSSR count). The third kappa shape index (κ3) is 4.96. The van der Waals surface area contributed by atoms with Crippen molar-refractivity contribution in [2.45, 2.75) is 89.4 Å². The van der Waals surface area contributed by atoms with Crippen LogP contribution in [-0.2, 0) is 0 Å². The van der Waals surface area contributed by atoms with Crippen molar-refractivity contribution in [2.24, 2.45) is 0 Å². The normalized spacial score (nSPS) is 23.4. The summed E-state index contributed by atoms with van der Waals surface area (Å²) in [4.78, 5) is 43.4. The Morgan fingerprint density at radius 3 is 2.45 bits per heavy atom. The van der Waals surface area contributed by atoms with Crippen LogP contribution in [0.2, 0.25) is 0 Å². The SMILES string of the molecule is CC(=O)c1c(C)c2cnc(Nc3ccc4c(c3)OC[C@@H]3CN(C5CCN(C6CC6)CC5)CCN43)nc2n(C2CCCC2)c1=O. The van der Waals surface area contributed by atoms with E-state index in [1.807, 2.05) is 13.0 Å². The van der Waals surface area contributed by atoms with E-state index in [2.05, 4.69) is 37.1 Å². The zero-order valence-corrected chi connectivity index (χ0v) is 25.9. The minimum Gasteiger partial charge on any atom is -0.489 e. The Labute approximate surface area is 258 Å². The Morgan fingerprint density at radius 1 is 0.932 bits per heavy atom. The molecule has 2 saturated heterocycles. The largest absolute Gasteiger partial charge is 0.489 e. The lowest BCUT2D eigenvalue weighted by Gasteiger charge is -2.49. The molecule has 0 bridgehead atoms. The van der Waals surface area contributed by atoms with Crippen molar-refractivity contribution in [2.75, 3.05) is 49.5 Å². The molecule has 0 spiro atoms. The van der Waals surface area contributed by atoms with Gasteiger partial charge in [-0.3, -0.25) is 19.1 Å². The van der Waals surface area contributed by atoms with E-state index in [1.54, 1.807) is 10.8 Å². The van der Waals surface area contributed by atoms with Crippen LogP contribution >= 0.6 is 0 Å². The number of pyridine rings is 1. The second kappa shape index (κ2) is 11.1. The minimum atomic E-state index is -0.236. The highest BCUT2D eigenvalue weighted by molar-refractivity contribution is 5.99. The number of aromatic nitrogens is 3. The summed E-state index contributed by atoms with van der Waals surface area (Å²) in [5, 5.41) is 4.11. The zero-order valence-electron chi connectivity index (χ0n) is 25.9. The molecular formula is C34H43N7O3. The molecular weight excluding hydrogens is 554 g/mol. The van der Waals surface area contributed by atoms with E-state index in [9.17, 15) is 9.59 Å². The average molecular weight is 598 g/mol. The number of carbonyl (C=O) groups excluding carboxylic acids is 1. The number of ketones is 1. The van der Waals surface area contributed by atoms with Gasteiger partial charge in [0.05, 0.1) is 17.3 Å². The maximum absolute atomic E-state index is 13.6. The second-order valence-corrected chi connectivity index (χ2v) is 13.6.